The Hall–Kier alpha value is -1.75. The van der Waals surface area contributed by atoms with Crippen molar-refractivity contribution < 1.29 is 5.11 Å². The van der Waals surface area contributed by atoms with Gasteiger partial charge in [0.1, 0.15) is 5.69 Å². The highest BCUT2D eigenvalue weighted by Gasteiger charge is 1.99. The molecule has 0 fully saturated rings. The van der Waals surface area contributed by atoms with Crippen LogP contribution in [0.4, 0.5) is 0 Å². The van der Waals surface area contributed by atoms with Gasteiger partial charge in [-0.05, 0) is 12.1 Å². The van der Waals surface area contributed by atoms with E-state index in [0.717, 1.165) is 18.7 Å². The van der Waals surface area contributed by atoms with E-state index in [9.17, 15) is 0 Å². The number of nitrogens with zero attached hydrogens (tertiary/aromatic N) is 4. The smallest absolute Gasteiger partial charge is 0.108 e. The molecule has 2 heterocycles. The standard InChI is InChI=1S/C10H12N4O/c15-8-10-7-14(13-12-10)6-4-9-3-1-2-5-11-9/h1-3,5,7,15H,4,6,8H2. The maximum atomic E-state index is 8.81. The predicted molar refractivity (Wildman–Crippen MR) is 53.9 cm³/mol. The van der Waals surface area contributed by atoms with Gasteiger partial charge in [0.25, 0.3) is 0 Å². The van der Waals surface area contributed by atoms with Crippen molar-refractivity contribution in [3.63, 3.8) is 0 Å². The molecule has 2 aromatic heterocycles. The Kier molecular flexibility index (Phi) is 3.04. The number of hydrogen-bond acceptors (Lipinski definition) is 4. The molecule has 0 amide bonds. The summed E-state index contributed by atoms with van der Waals surface area (Å²) in [6.07, 6.45) is 4.33. The third kappa shape index (κ3) is 2.60. The number of pyridine rings is 1. The summed E-state index contributed by atoms with van der Waals surface area (Å²) in [6.45, 7) is 0.660. The molecule has 2 aromatic rings. The zero-order valence-electron chi connectivity index (χ0n) is 8.24. The molecule has 5 heteroatoms. The van der Waals surface area contributed by atoms with Gasteiger partial charge in [0.15, 0.2) is 0 Å². The van der Waals surface area contributed by atoms with Gasteiger partial charge in [-0.1, -0.05) is 11.3 Å². The molecule has 0 atom stereocenters. The highest BCUT2D eigenvalue weighted by atomic mass is 16.3. The summed E-state index contributed by atoms with van der Waals surface area (Å²) >= 11 is 0. The van der Waals surface area contributed by atoms with Gasteiger partial charge in [0.05, 0.1) is 12.8 Å². The fraction of sp³-hybridized carbons (Fsp3) is 0.300. The molecule has 0 unspecified atom stereocenters. The van der Waals surface area contributed by atoms with E-state index in [1.54, 1.807) is 17.1 Å². The van der Waals surface area contributed by atoms with Gasteiger partial charge in [-0.15, -0.1) is 5.10 Å². The van der Waals surface area contributed by atoms with Crippen molar-refractivity contribution in [3.8, 4) is 0 Å². The molecular weight excluding hydrogens is 192 g/mol. The van der Waals surface area contributed by atoms with Crippen molar-refractivity contribution in [1.29, 1.82) is 0 Å². The predicted octanol–water partition coefficient (Wildman–Crippen LogP) is 0.408. The Morgan fingerprint density at radius 2 is 2.20 bits per heavy atom. The van der Waals surface area contributed by atoms with Crippen molar-refractivity contribution in [2.45, 2.75) is 19.6 Å². The van der Waals surface area contributed by atoms with Crippen LogP contribution in [0.15, 0.2) is 30.6 Å². The van der Waals surface area contributed by atoms with Gasteiger partial charge in [0.2, 0.25) is 0 Å². The first-order chi connectivity index (χ1) is 7.38. The van der Waals surface area contributed by atoms with Crippen LogP contribution in [0.2, 0.25) is 0 Å². The lowest BCUT2D eigenvalue weighted by Gasteiger charge is -1.99. The molecule has 0 aliphatic heterocycles. The fourth-order valence-electron chi connectivity index (χ4n) is 1.30. The summed E-state index contributed by atoms with van der Waals surface area (Å²) in [6, 6.07) is 5.83. The summed E-state index contributed by atoms with van der Waals surface area (Å²) in [4.78, 5) is 4.21. The van der Waals surface area contributed by atoms with Crippen LogP contribution in [0, 0.1) is 0 Å². The number of aromatic nitrogens is 4. The number of rotatable bonds is 4. The lowest BCUT2D eigenvalue weighted by Crippen LogP contribution is -2.03. The Labute approximate surface area is 87.4 Å². The van der Waals surface area contributed by atoms with Crippen LogP contribution >= 0.6 is 0 Å². The number of aliphatic hydroxyl groups excluding tert-OH is 1. The van der Waals surface area contributed by atoms with Crippen LogP contribution in [-0.4, -0.2) is 25.1 Å². The summed E-state index contributed by atoms with van der Waals surface area (Å²) in [5.74, 6) is 0. The molecule has 2 rings (SSSR count). The van der Waals surface area contributed by atoms with E-state index in [4.69, 9.17) is 5.11 Å². The van der Waals surface area contributed by atoms with Crippen molar-refractivity contribution >= 4 is 0 Å². The van der Waals surface area contributed by atoms with Crippen LogP contribution < -0.4 is 0 Å². The first-order valence-corrected chi connectivity index (χ1v) is 4.78. The van der Waals surface area contributed by atoms with Crippen LogP contribution in [0.5, 0.6) is 0 Å². The molecule has 0 bridgehead atoms. The number of aryl methyl sites for hydroxylation is 2. The molecule has 78 valence electrons. The second kappa shape index (κ2) is 4.65. The fourth-order valence-corrected chi connectivity index (χ4v) is 1.30. The zero-order valence-corrected chi connectivity index (χ0v) is 8.24. The molecule has 0 saturated carbocycles. The molecule has 0 radical (unpaired) electrons. The van der Waals surface area contributed by atoms with Crippen molar-refractivity contribution in [1.82, 2.24) is 20.0 Å². The van der Waals surface area contributed by atoms with Gasteiger partial charge in [-0.25, -0.2) is 0 Å². The quantitative estimate of drug-likeness (QED) is 0.783. The summed E-state index contributed by atoms with van der Waals surface area (Å²) in [5.41, 5.74) is 1.62. The zero-order chi connectivity index (χ0) is 10.5. The number of aliphatic hydroxyl groups is 1. The van der Waals surface area contributed by atoms with E-state index in [1.807, 2.05) is 18.2 Å². The van der Waals surface area contributed by atoms with Crippen molar-refractivity contribution in [2.75, 3.05) is 0 Å². The summed E-state index contributed by atoms with van der Waals surface area (Å²) in [5, 5.41) is 16.5. The summed E-state index contributed by atoms with van der Waals surface area (Å²) < 4.78 is 1.71. The highest BCUT2D eigenvalue weighted by Crippen LogP contribution is 1.98. The average Bonchev–Trinajstić information content (AvgIpc) is 2.76. The monoisotopic (exact) mass is 204 g/mol. The third-order valence-corrected chi connectivity index (χ3v) is 2.07. The Balaban J connectivity index is 1.93. The van der Waals surface area contributed by atoms with E-state index in [2.05, 4.69) is 15.3 Å². The summed E-state index contributed by atoms with van der Waals surface area (Å²) in [7, 11) is 0. The van der Waals surface area contributed by atoms with E-state index in [1.165, 1.54) is 0 Å². The van der Waals surface area contributed by atoms with E-state index in [0.29, 0.717) is 5.69 Å². The van der Waals surface area contributed by atoms with E-state index in [-0.39, 0.29) is 6.61 Å². The molecule has 15 heavy (non-hydrogen) atoms. The molecule has 0 spiro atoms. The minimum atomic E-state index is -0.0659. The second-order valence-electron chi connectivity index (χ2n) is 3.20. The first kappa shape index (κ1) is 9.79. The number of hydrogen-bond donors (Lipinski definition) is 1. The van der Waals surface area contributed by atoms with Crippen molar-refractivity contribution in [3.05, 3.63) is 42.0 Å². The van der Waals surface area contributed by atoms with Crippen LogP contribution in [0.1, 0.15) is 11.4 Å². The minimum Gasteiger partial charge on any atom is -0.390 e. The normalized spacial score (nSPS) is 10.5. The molecule has 0 aromatic carbocycles. The van der Waals surface area contributed by atoms with Gasteiger partial charge in [-0.2, -0.15) is 0 Å². The van der Waals surface area contributed by atoms with E-state index >= 15 is 0 Å². The van der Waals surface area contributed by atoms with Crippen LogP contribution in [0.3, 0.4) is 0 Å². The maximum Gasteiger partial charge on any atom is 0.108 e. The lowest BCUT2D eigenvalue weighted by molar-refractivity contribution is 0.276. The van der Waals surface area contributed by atoms with Gasteiger partial charge >= 0.3 is 0 Å². The SMILES string of the molecule is OCc1cn(CCc2ccccn2)nn1. The topological polar surface area (TPSA) is 63.8 Å². The third-order valence-electron chi connectivity index (χ3n) is 2.07. The molecule has 0 aliphatic carbocycles. The van der Waals surface area contributed by atoms with Crippen LogP contribution in [0.25, 0.3) is 0 Å². The average molecular weight is 204 g/mol. The molecular formula is C10H12N4O. The molecule has 1 N–H and O–H groups in total. The minimum absolute atomic E-state index is 0.0659. The molecule has 5 nitrogen and oxygen atoms in total. The maximum absolute atomic E-state index is 8.81. The Morgan fingerprint density at radius 3 is 2.87 bits per heavy atom. The molecule has 0 aliphatic rings. The second-order valence-corrected chi connectivity index (χ2v) is 3.20. The Bertz CT molecular complexity index is 412. The first-order valence-electron chi connectivity index (χ1n) is 4.78. The van der Waals surface area contributed by atoms with Gasteiger partial charge in [-0.3, -0.25) is 9.67 Å². The molecule has 0 saturated heterocycles. The Morgan fingerprint density at radius 1 is 1.27 bits per heavy atom. The van der Waals surface area contributed by atoms with E-state index < -0.39 is 0 Å². The van der Waals surface area contributed by atoms with Gasteiger partial charge in [0, 0.05) is 24.9 Å². The van der Waals surface area contributed by atoms with Gasteiger partial charge < -0.3 is 5.11 Å². The largest absolute Gasteiger partial charge is 0.390 e. The highest BCUT2D eigenvalue weighted by molar-refractivity contribution is 5.03. The van der Waals surface area contributed by atoms with Crippen LogP contribution in [-0.2, 0) is 19.6 Å². The lowest BCUT2D eigenvalue weighted by atomic mass is 10.3. The van der Waals surface area contributed by atoms with Crippen molar-refractivity contribution in [2.24, 2.45) is 0 Å².